The number of nitrogens with zero attached hydrogens (tertiary/aromatic N) is 2. The molecule has 0 fully saturated rings. The minimum atomic E-state index is 0.705. The summed E-state index contributed by atoms with van der Waals surface area (Å²) in [6.45, 7) is 0. The van der Waals surface area contributed by atoms with Crippen LogP contribution >= 0.6 is 0 Å². The second-order valence-corrected chi connectivity index (χ2v) is 12.2. The van der Waals surface area contributed by atoms with Gasteiger partial charge >= 0.3 is 0 Å². The Bertz CT molecular complexity index is 2590. The third-order valence-corrected chi connectivity index (χ3v) is 9.25. The van der Waals surface area contributed by atoms with Crippen LogP contribution in [0.25, 0.3) is 88.5 Å². The van der Waals surface area contributed by atoms with Gasteiger partial charge in [-0.15, -0.1) is 0 Å². The molecule has 1 aromatic heterocycles. The number of hydrogen-bond donors (Lipinski definition) is 0. The Morgan fingerprint density at radius 3 is 1.62 bits per heavy atom. The molecular formula is C46H30N2. The number of rotatable bonds is 5. The van der Waals surface area contributed by atoms with Crippen molar-refractivity contribution in [3.05, 3.63) is 182 Å². The van der Waals surface area contributed by atoms with Gasteiger partial charge in [0.05, 0.1) is 11.4 Å². The minimum absolute atomic E-state index is 0.705. The van der Waals surface area contributed by atoms with Gasteiger partial charge in [0.25, 0.3) is 0 Å². The van der Waals surface area contributed by atoms with Gasteiger partial charge in [0.15, 0.2) is 5.82 Å². The maximum absolute atomic E-state index is 5.17. The van der Waals surface area contributed by atoms with E-state index in [-0.39, 0.29) is 0 Å². The molecular weight excluding hydrogens is 581 g/mol. The average molecular weight is 611 g/mol. The second kappa shape index (κ2) is 11.8. The molecule has 0 bridgehead atoms. The fraction of sp³-hybridized carbons (Fsp3) is 0. The van der Waals surface area contributed by atoms with Gasteiger partial charge in [-0.05, 0) is 72.8 Å². The molecule has 0 aliphatic heterocycles. The third-order valence-electron chi connectivity index (χ3n) is 9.25. The van der Waals surface area contributed by atoms with Crippen LogP contribution < -0.4 is 0 Å². The number of aromatic nitrogens is 2. The number of hydrogen-bond acceptors (Lipinski definition) is 2. The van der Waals surface area contributed by atoms with E-state index in [2.05, 4.69) is 170 Å². The molecule has 0 saturated heterocycles. The Morgan fingerprint density at radius 2 is 0.854 bits per heavy atom. The molecule has 0 aliphatic rings. The topological polar surface area (TPSA) is 25.8 Å². The maximum Gasteiger partial charge on any atom is 0.160 e. The van der Waals surface area contributed by atoms with Crippen molar-refractivity contribution in [3.63, 3.8) is 0 Å². The van der Waals surface area contributed by atoms with Crippen molar-refractivity contribution in [3.8, 4) is 56.2 Å². The summed E-state index contributed by atoms with van der Waals surface area (Å²) < 4.78 is 0. The lowest BCUT2D eigenvalue weighted by molar-refractivity contribution is 1.18. The molecule has 0 aliphatic carbocycles. The summed E-state index contributed by atoms with van der Waals surface area (Å²) in [5, 5.41) is 7.52. The summed E-state index contributed by atoms with van der Waals surface area (Å²) in [4.78, 5) is 10.3. The summed E-state index contributed by atoms with van der Waals surface area (Å²) in [6, 6.07) is 64.5. The molecule has 8 aromatic carbocycles. The molecule has 2 nitrogen and oxygen atoms in total. The lowest BCUT2D eigenvalue weighted by Crippen LogP contribution is -1.96. The summed E-state index contributed by atoms with van der Waals surface area (Å²) in [5.74, 6) is 0.705. The molecule has 9 aromatic rings. The zero-order chi connectivity index (χ0) is 31.9. The first-order chi connectivity index (χ1) is 23.8. The predicted molar refractivity (Wildman–Crippen MR) is 202 cm³/mol. The monoisotopic (exact) mass is 610 g/mol. The first-order valence-corrected chi connectivity index (χ1v) is 16.3. The molecule has 0 unspecified atom stereocenters. The Morgan fingerprint density at radius 1 is 0.292 bits per heavy atom. The highest BCUT2D eigenvalue weighted by Gasteiger charge is 2.15. The van der Waals surface area contributed by atoms with Gasteiger partial charge in [-0.2, -0.15) is 0 Å². The Hall–Kier alpha value is -6.38. The lowest BCUT2D eigenvalue weighted by atomic mass is 9.89. The highest BCUT2D eigenvalue weighted by molar-refractivity contribution is 6.21. The van der Waals surface area contributed by atoms with Gasteiger partial charge in [0, 0.05) is 16.7 Å². The van der Waals surface area contributed by atoms with Crippen molar-refractivity contribution in [2.45, 2.75) is 0 Å². The molecule has 0 amide bonds. The van der Waals surface area contributed by atoms with Crippen molar-refractivity contribution in [2.24, 2.45) is 0 Å². The van der Waals surface area contributed by atoms with Gasteiger partial charge in [-0.1, -0.05) is 164 Å². The summed E-state index contributed by atoms with van der Waals surface area (Å²) in [6.07, 6.45) is 0. The van der Waals surface area contributed by atoms with E-state index < -0.39 is 0 Å². The van der Waals surface area contributed by atoms with Gasteiger partial charge < -0.3 is 0 Å². The first-order valence-electron chi connectivity index (χ1n) is 16.3. The molecule has 2 heteroatoms. The molecule has 0 saturated carbocycles. The van der Waals surface area contributed by atoms with E-state index in [1.54, 1.807) is 0 Å². The lowest BCUT2D eigenvalue weighted by Gasteiger charge is -2.15. The van der Waals surface area contributed by atoms with Crippen LogP contribution in [-0.4, -0.2) is 9.97 Å². The smallest absolute Gasteiger partial charge is 0.160 e. The largest absolute Gasteiger partial charge is 0.228 e. The van der Waals surface area contributed by atoms with Crippen LogP contribution in [-0.2, 0) is 0 Å². The van der Waals surface area contributed by atoms with Crippen LogP contribution in [0.2, 0.25) is 0 Å². The van der Waals surface area contributed by atoms with Crippen molar-refractivity contribution in [1.82, 2.24) is 9.97 Å². The molecule has 1 heterocycles. The Labute approximate surface area is 279 Å². The summed E-state index contributed by atoms with van der Waals surface area (Å²) in [7, 11) is 0. The molecule has 48 heavy (non-hydrogen) atoms. The van der Waals surface area contributed by atoms with E-state index in [1.807, 2.05) is 12.1 Å². The minimum Gasteiger partial charge on any atom is -0.228 e. The van der Waals surface area contributed by atoms with Gasteiger partial charge in [-0.25, -0.2) is 9.97 Å². The van der Waals surface area contributed by atoms with E-state index in [4.69, 9.17) is 9.97 Å². The third kappa shape index (κ3) is 5.01. The van der Waals surface area contributed by atoms with E-state index >= 15 is 0 Å². The SMILES string of the molecule is c1ccc(-c2cccc(-c3cc(-c4ccccc4)nc(-c4ccc(-c5c6ccccc6cc6ccc7ccccc7c56)cc4)n3)c2)cc1. The van der Waals surface area contributed by atoms with E-state index in [0.717, 1.165) is 33.6 Å². The zero-order valence-electron chi connectivity index (χ0n) is 26.2. The molecule has 0 spiro atoms. The molecule has 9 rings (SSSR count). The van der Waals surface area contributed by atoms with Crippen LogP contribution in [0.3, 0.4) is 0 Å². The summed E-state index contributed by atoms with van der Waals surface area (Å²) >= 11 is 0. The van der Waals surface area contributed by atoms with Crippen LogP contribution in [0.15, 0.2) is 182 Å². The zero-order valence-corrected chi connectivity index (χ0v) is 26.2. The van der Waals surface area contributed by atoms with E-state index in [0.29, 0.717) is 5.82 Å². The van der Waals surface area contributed by atoms with Crippen molar-refractivity contribution < 1.29 is 0 Å². The highest BCUT2D eigenvalue weighted by atomic mass is 14.9. The Balaban J connectivity index is 1.20. The van der Waals surface area contributed by atoms with Crippen LogP contribution in [0, 0.1) is 0 Å². The molecule has 0 atom stereocenters. The standard InChI is InChI=1S/C46H30N2/c1-3-12-31(13-4-1)36-18-11-19-38(28-36)43-30-42(33-15-5-2-6-16-33)47-46(48-43)35-25-23-34(24-26-35)44-41-21-10-8-17-37(41)29-39-27-22-32-14-7-9-20-40(32)45(39)44/h1-30H. The Kier molecular flexibility index (Phi) is 6.84. The maximum atomic E-state index is 5.17. The van der Waals surface area contributed by atoms with Gasteiger partial charge in [-0.3, -0.25) is 0 Å². The second-order valence-electron chi connectivity index (χ2n) is 12.2. The molecule has 224 valence electrons. The predicted octanol–water partition coefficient (Wildman–Crippen LogP) is 12.3. The van der Waals surface area contributed by atoms with Crippen molar-refractivity contribution in [2.75, 3.05) is 0 Å². The molecule has 0 N–H and O–H groups in total. The van der Waals surface area contributed by atoms with Crippen molar-refractivity contribution in [1.29, 1.82) is 0 Å². The normalized spacial score (nSPS) is 11.3. The van der Waals surface area contributed by atoms with Crippen LogP contribution in [0.5, 0.6) is 0 Å². The van der Waals surface area contributed by atoms with E-state index in [1.165, 1.54) is 49.0 Å². The fourth-order valence-corrected chi connectivity index (χ4v) is 6.90. The van der Waals surface area contributed by atoms with Crippen molar-refractivity contribution >= 4 is 32.3 Å². The molecule has 0 radical (unpaired) electrons. The number of fused-ring (bicyclic) bond motifs is 4. The highest BCUT2D eigenvalue weighted by Crippen LogP contribution is 2.41. The summed E-state index contributed by atoms with van der Waals surface area (Å²) in [5.41, 5.74) is 9.66. The van der Waals surface area contributed by atoms with Crippen LogP contribution in [0.4, 0.5) is 0 Å². The fourth-order valence-electron chi connectivity index (χ4n) is 6.90. The average Bonchev–Trinajstić information content (AvgIpc) is 3.17. The van der Waals surface area contributed by atoms with Gasteiger partial charge in [0.2, 0.25) is 0 Å². The van der Waals surface area contributed by atoms with Gasteiger partial charge in [0.1, 0.15) is 0 Å². The first kappa shape index (κ1) is 27.9. The van der Waals surface area contributed by atoms with E-state index in [9.17, 15) is 0 Å². The quantitative estimate of drug-likeness (QED) is 0.143. The number of benzene rings is 8. The van der Waals surface area contributed by atoms with Crippen LogP contribution in [0.1, 0.15) is 0 Å².